The third-order valence-corrected chi connectivity index (χ3v) is 8.14. The van der Waals surface area contributed by atoms with Crippen molar-refractivity contribution < 1.29 is 0 Å². The van der Waals surface area contributed by atoms with Gasteiger partial charge >= 0.3 is 0 Å². The fourth-order valence-electron chi connectivity index (χ4n) is 6.40. The quantitative estimate of drug-likeness (QED) is 0.166. The number of nitrogens with zero attached hydrogens (tertiary/aromatic N) is 3. The monoisotopic (exact) mass is 555 g/mol. The van der Waals surface area contributed by atoms with Crippen LogP contribution in [0.5, 0.6) is 0 Å². The highest BCUT2D eigenvalue weighted by atomic mass is 35.5. The normalized spacial score (nSPS) is 18.1. The molecule has 1 aliphatic heterocycles. The lowest BCUT2D eigenvalue weighted by molar-refractivity contribution is 0.114. The Morgan fingerprint density at radius 2 is 1.11 bits per heavy atom. The minimum absolute atomic E-state index is 0.0930. The predicted octanol–water partition coefficient (Wildman–Crippen LogP) is 9.78. The molecule has 5 nitrogen and oxygen atoms in total. The molecule has 0 amide bonds. The molecule has 1 atom stereocenters. The van der Waals surface area contributed by atoms with Crippen molar-refractivity contribution in [2.45, 2.75) is 167 Å². The largest absolute Gasteiger partial charge is 0.351 e. The summed E-state index contributed by atoms with van der Waals surface area (Å²) in [6.07, 6.45) is 24.1. The standard InChI is InChI=1S/C30H55Cl2N5/c1-6-7-8-9-10-11-12-13-14-15-16-17-18-19-20-21-25(33-28-35-26(31)34-27(32)36-28)24-22-29(2,3)37-30(4,5)23-24/h24-25,37H,6-23H2,1-5H3,(H,33,34,35,36). The van der Waals surface area contributed by atoms with Gasteiger partial charge in [0, 0.05) is 17.1 Å². The van der Waals surface area contributed by atoms with Gasteiger partial charge in [-0.3, -0.25) is 0 Å². The number of halogens is 2. The molecule has 1 fully saturated rings. The van der Waals surface area contributed by atoms with Gasteiger partial charge in [0.2, 0.25) is 16.5 Å². The second-order valence-electron chi connectivity index (χ2n) is 12.7. The van der Waals surface area contributed by atoms with E-state index in [1.807, 2.05) is 0 Å². The van der Waals surface area contributed by atoms with Gasteiger partial charge in [-0.15, -0.1) is 0 Å². The van der Waals surface area contributed by atoms with Crippen molar-refractivity contribution in [2.24, 2.45) is 5.92 Å². The van der Waals surface area contributed by atoms with Crippen LogP contribution in [0.3, 0.4) is 0 Å². The molecule has 2 rings (SSSR count). The maximum atomic E-state index is 6.06. The summed E-state index contributed by atoms with van der Waals surface area (Å²) < 4.78 is 0. The SMILES string of the molecule is CCCCCCCCCCCCCCCCCC(Nc1nc(Cl)nc(Cl)n1)C1CC(C)(C)NC(C)(C)C1. The number of anilines is 1. The molecule has 0 saturated carbocycles. The van der Waals surface area contributed by atoms with Crippen LogP contribution in [0, 0.1) is 5.92 Å². The smallest absolute Gasteiger partial charge is 0.228 e. The zero-order valence-electron chi connectivity index (χ0n) is 24.5. The molecule has 1 aromatic heterocycles. The van der Waals surface area contributed by atoms with E-state index in [9.17, 15) is 0 Å². The fraction of sp³-hybridized carbons (Fsp3) is 0.900. The first-order valence-electron chi connectivity index (χ1n) is 15.2. The molecule has 37 heavy (non-hydrogen) atoms. The first kappa shape index (κ1) is 32.6. The highest BCUT2D eigenvalue weighted by Gasteiger charge is 2.40. The van der Waals surface area contributed by atoms with E-state index in [4.69, 9.17) is 23.2 Å². The molecule has 2 heterocycles. The number of rotatable bonds is 19. The second kappa shape index (κ2) is 17.1. The van der Waals surface area contributed by atoms with Gasteiger partial charge in [-0.2, -0.15) is 15.0 Å². The molecular formula is C30H55Cl2N5. The summed E-state index contributed by atoms with van der Waals surface area (Å²) in [5.74, 6) is 1.01. The van der Waals surface area contributed by atoms with Crippen molar-refractivity contribution in [1.82, 2.24) is 20.3 Å². The number of hydrogen-bond donors (Lipinski definition) is 2. The van der Waals surface area contributed by atoms with E-state index in [1.165, 1.54) is 96.3 Å². The molecule has 1 unspecified atom stereocenters. The second-order valence-corrected chi connectivity index (χ2v) is 13.4. The van der Waals surface area contributed by atoms with Crippen LogP contribution in [0.25, 0.3) is 0 Å². The number of unbranched alkanes of at least 4 members (excludes halogenated alkanes) is 14. The predicted molar refractivity (Wildman–Crippen MR) is 161 cm³/mol. The Labute approximate surface area is 238 Å². The third kappa shape index (κ3) is 14.3. The summed E-state index contributed by atoms with van der Waals surface area (Å²) in [5.41, 5.74) is 0.186. The average Bonchev–Trinajstić information content (AvgIpc) is 2.78. The van der Waals surface area contributed by atoms with Crippen LogP contribution in [0.1, 0.15) is 150 Å². The topological polar surface area (TPSA) is 62.7 Å². The van der Waals surface area contributed by atoms with Gasteiger partial charge in [0.05, 0.1) is 0 Å². The summed E-state index contributed by atoms with van der Waals surface area (Å²) in [4.78, 5) is 12.5. The summed E-state index contributed by atoms with van der Waals surface area (Å²) in [6.45, 7) is 11.5. The van der Waals surface area contributed by atoms with E-state index in [0.717, 1.165) is 19.3 Å². The number of piperidine rings is 1. The highest BCUT2D eigenvalue weighted by molar-refractivity contribution is 6.31. The molecule has 0 aromatic carbocycles. The van der Waals surface area contributed by atoms with Crippen molar-refractivity contribution >= 4 is 29.2 Å². The van der Waals surface area contributed by atoms with Crippen molar-refractivity contribution in [3.8, 4) is 0 Å². The van der Waals surface area contributed by atoms with E-state index in [1.54, 1.807) is 0 Å². The average molecular weight is 557 g/mol. The van der Waals surface area contributed by atoms with Crippen molar-refractivity contribution in [3.05, 3.63) is 10.6 Å². The van der Waals surface area contributed by atoms with Gasteiger partial charge in [-0.05, 0) is 76.1 Å². The van der Waals surface area contributed by atoms with Crippen LogP contribution in [0.4, 0.5) is 5.95 Å². The van der Waals surface area contributed by atoms with Gasteiger partial charge in [0.25, 0.3) is 0 Å². The Balaban J connectivity index is 1.70. The lowest BCUT2D eigenvalue weighted by Gasteiger charge is -2.48. The Morgan fingerprint density at radius 3 is 1.54 bits per heavy atom. The Bertz CT molecular complexity index is 719. The molecule has 2 N–H and O–H groups in total. The molecule has 0 radical (unpaired) electrons. The molecule has 0 bridgehead atoms. The maximum Gasteiger partial charge on any atom is 0.228 e. The van der Waals surface area contributed by atoms with Crippen LogP contribution in [0.2, 0.25) is 10.6 Å². The molecule has 0 spiro atoms. The lowest BCUT2D eigenvalue weighted by atomic mass is 9.72. The van der Waals surface area contributed by atoms with Gasteiger partial charge in [0.15, 0.2) is 0 Å². The molecule has 1 saturated heterocycles. The van der Waals surface area contributed by atoms with Crippen LogP contribution in [-0.2, 0) is 0 Å². The van der Waals surface area contributed by atoms with Crippen LogP contribution >= 0.6 is 23.2 Å². The Hall–Kier alpha value is -0.650. The summed E-state index contributed by atoms with van der Waals surface area (Å²) in [5, 5.41) is 7.68. The summed E-state index contributed by atoms with van der Waals surface area (Å²) in [6, 6.07) is 0.289. The van der Waals surface area contributed by atoms with E-state index in [0.29, 0.717) is 11.9 Å². The van der Waals surface area contributed by atoms with E-state index in [2.05, 4.69) is 60.2 Å². The minimum atomic E-state index is 0.0930. The zero-order valence-corrected chi connectivity index (χ0v) is 26.0. The fourth-order valence-corrected chi connectivity index (χ4v) is 6.77. The zero-order chi connectivity index (χ0) is 27.2. The maximum absolute atomic E-state index is 6.06. The van der Waals surface area contributed by atoms with Gasteiger partial charge in [-0.25, -0.2) is 0 Å². The van der Waals surface area contributed by atoms with Gasteiger partial charge in [0.1, 0.15) is 0 Å². The molecular weight excluding hydrogens is 501 g/mol. The molecule has 7 heteroatoms. The molecule has 1 aliphatic rings. The summed E-state index contributed by atoms with van der Waals surface area (Å²) >= 11 is 12.1. The Kier molecular flexibility index (Phi) is 15.1. The Morgan fingerprint density at radius 1 is 0.703 bits per heavy atom. The first-order valence-corrected chi connectivity index (χ1v) is 16.0. The van der Waals surface area contributed by atoms with Crippen LogP contribution < -0.4 is 10.6 Å². The number of aromatic nitrogens is 3. The van der Waals surface area contributed by atoms with Crippen LogP contribution in [0.15, 0.2) is 0 Å². The number of nitrogens with one attached hydrogen (secondary N) is 2. The molecule has 1 aromatic rings. The van der Waals surface area contributed by atoms with Crippen LogP contribution in [-0.4, -0.2) is 32.1 Å². The van der Waals surface area contributed by atoms with Crippen molar-refractivity contribution in [1.29, 1.82) is 0 Å². The molecule has 214 valence electrons. The van der Waals surface area contributed by atoms with Gasteiger partial charge < -0.3 is 10.6 Å². The van der Waals surface area contributed by atoms with Crippen molar-refractivity contribution in [2.75, 3.05) is 5.32 Å². The first-order chi connectivity index (χ1) is 17.6. The van der Waals surface area contributed by atoms with E-state index < -0.39 is 0 Å². The van der Waals surface area contributed by atoms with E-state index >= 15 is 0 Å². The lowest BCUT2D eigenvalue weighted by Crippen LogP contribution is -2.59. The van der Waals surface area contributed by atoms with Gasteiger partial charge in [-0.1, -0.05) is 103 Å². The van der Waals surface area contributed by atoms with E-state index in [-0.39, 0.29) is 27.7 Å². The van der Waals surface area contributed by atoms with Crippen molar-refractivity contribution in [3.63, 3.8) is 0 Å². The summed E-state index contributed by atoms with van der Waals surface area (Å²) in [7, 11) is 0. The highest BCUT2D eigenvalue weighted by Crippen LogP contribution is 2.37. The third-order valence-electron chi connectivity index (χ3n) is 7.80. The number of hydrogen-bond acceptors (Lipinski definition) is 5. The molecule has 0 aliphatic carbocycles. The minimum Gasteiger partial charge on any atom is -0.351 e.